The molecule has 7 nitrogen and oxygen atoms in total. The standard InChI is InChI=1S/C23H31BF2N2O5/c1-14(2)11-20(24-32-22(31)13-23(3,4)33-24)27-21(30)8-7-19(29)18-9-10-28(18)17-6-5-15(25)12-16(17)26/h5-6,12,14,18,20H,7-11,13H2,1-4H3,(H,27,30)/t18-,20-/m0/s1. The first kappa shape index (κ1) is 25.1. The molecule has 2 heterocycles. The van der Waals surface area contributed by atoms with Crippen LogP contribution in [0.25, 0.3) is 0 Å². The largest absolute Gasteiger partial charge is 0.551 e. The Kier molecular flexibility index (Phi) is 7.77. The molecule has 3 rings (SSSR count). The molecule has 2 atom stereocenters. The van der Waals surface area contributed by atoms with Gasteiger partial charge in [0.2, 0.25) is 5.91 Å². The average Bonchev–Trinajstić information content (AvgIpc) is 2.65. The highest BCUT2D eigenvalue weighted by Crippen LogP contribution is 2.30. The average molecular weight is 464 g/mol. The zero-order valence-corrected chi connectivity index (χ0v) is 19.5. The van der Waals surface area contributed by atoms with Crippen LogP contribution in [0.15, 0.2) is 18.2 Å². The fourth-order valence-electron chi connectivity index (χ4n) is 4.22. The number of Topliss-reactive ketones (excluding diaryl/α,β-unsaturated/α-hetero) is 1. The summed E-state index contributed by atoms with van der Waals surface area (Å²) in [7, 11) is -0.896. The van der Waals surface area contributed by atoms with E-state index in [0.29, 0.717) is 19.4 Å². The van der Waals surface area contributed by atoms with Gasteiger partial charge < -0.3 is 19.5 Å². The van der Waals surface area contributed by atoms with Gasteiger partial charge in [0.25, 0.3) is 5.97 Å². The van der Waals surface area contributed by atoms with Gasteiger partial charge in [-0.25, -0.2) is 8.78 Å². The molecule has 0 saturated carbocycles. The summed E-state index contributed by atoms with van der Waals surface area (Å²) in [6.45, 7) is 8.04. The number of anilines is 1. The van der Waals surface area contributed by atoms with E-state index in [1.165, 1.54) is 6.07 Å². The van der Waals surface area contributed by atoms with E-state index < -0.39 is 36.3 Å². The summed E-state index contributed by atoms with van der Waals surface area (Å²) in [5, 5.41) is 2.86. The zero-order chi connectivity index (χ0) is 24.3. The van der Waals surface area contributed by atoms with E-state index in [1.807, 2.05) is 13.8 Å². The quantitative estimate of drug-likeness (QED) is 0.566. The molecule has 0 aromatic heterocycles. The van der Waals surface area contributed by atoms with Crippen LogP contribution in [0.2, 0.25) is 0 Å². The summed E-state index contributed by atoms with van der Waals surface area (Å²) >= 11 is 0. The van der Waals surface area contributed by atoms with Gasteiger partial charge in [-0.2, -0.15) is 0 Å². The molecule has 2 aliphatic rings. The topological polar surface area (TPSA) is 84.9 Å². The van der Waals surface area contributed by atoms with Crippen molar-refractivity contribution in [3.63, 3.8) is 0 Å². The maximum absolute atomic E-state index is 14.1. The molecule has 1 aromatic carbocycles. The summed E-state index contributed by atoms with van der Waals surface area (Å²) in [5.74, 6) is -2.64. The Balaban J connectivity index is 1.56. The smallest absolute Gasteiger partial charge is 0.508 e. The molecule has 2 aliphatic heterocycles. The molecule has 1 aromatic rings. The number of amides is 1. The van der Waals surface area contributed by atoms with Crippen molar-refractivity contribution in [3.05, 3.63) is 29.8 Å². The van der Waals surface area contributed by atoms with Crippen molar-refractivity contribution in [2.45, 2.75) is 77.4 Å². The Labute approximate surface area is 193 Å². The van der Waals surface area contributed by atoms with Crippen LogP contribution in [-0.4, -0.2) is 48.9 Å². The van der Waals surface area contributed by atoms with Gasteiger partial charge in [-0.05, 0) is 44.7 Å². The molecule has 0 radical (unpaired) electrons. The van der Waals surface area contributed by atoms with Gasteiger partial charge >= 0.3 is 7.12 Å². The minimum Gasteiger partial charge on any atom is -0.508 e. The number of hydrogen-bond donors (Lipinski definition) is 1. The predicted octanol–water partition coefficient (Wildman–Crippen LogP) is 3.19. The summed E-state index contributed by atoms with van der Waals surface area (Å²) in [4.78, 5) is 38.9. The second kappa shape index (κ2) is 10.2. The van der Waals surface area contributed by atoms with Crippen LogP contribution in [0.1, 0.15) is 59.8 Å². The first-order valence-corrected chi connectivity index (χ1v) is 11.4. The number of nitrogens with zero attached hydrogens (tertiary/aromatic N) is 1. The molecule has 2 saturated heterocycles. The molecule has 33 heavy (non-hydrogen) atoms. The summed E-state index contributed by atoms with van der Waals surface area (Å²) in [6, 6.07) is 2.73. The zero-order valence-electron chi connectivity index (χ0n) is 19.5. The van der Waals surface area contributed by atoms with Crippen LogP contribution in [-0.2, 0) is 23.7 Å². The van der Waals surface area contributed by atoms with Crippen molar-refractivity contribution < 1.29 is 32.5 Å². The van der Waals surface area contributed by atoms with E-state index in [4.69, 9.17) is 9.31 Å². The van der Waals surface area contributed by atoms with Gasteiger partial charge in [-0.1, -0.05) is 13.8 Å². The second-order valence-electron chi connectivity index (χ2n) is 9.78. The molecule has 0 aliphatic carbocycles. The van der Waals surface area contributed by atoms with Crippen LogP contribution in [0.4, 0.5) is 14.5 Å². The van der Waals surface area contributed by atoms with Crippen molar-refractivity contribution >= 4 is 30.5 Å². The van der Waals surface area contributed by atoms with Crippen LogP contribution in [0, 0.1) is 17.6 Å². The van der Waals surface area contributed by atoms with Gasteiger partial charge in [0.15, 0.2) is 5.78 Å². The highest BCUT2D eigenvalue weighted by Gasteiger charge is 2.45. The molecule has 180 valence electrons. The SMILES string of the molecule is CC(C)C[C@H](NC(=O)CCC(=O)[C@@H]1CCN1c1ccc(F)cc1F)B1OC(=O)CC(C)(C)O1. The van der Waals surface area contributed by atoms with Gasteiger partial charge in [0.1, 0.15) is 11.6 Å². The van der Waals surface area contributed by atoms with E-state index in [2.05, 4.69) is 5.32 Å². The number of carbonyl (C=O) groups excluding carboxylic acids is 3. The van der Waals surface area contributed by atoms with E-state index in [1.54, 1.807) is 18.7 Å². The molecular weight excluding hydrogens is 433 g/mol. The molecule has 0 spiro atoms. The lowest BCUT2D eigenvalue weighted by Gasteiger charge is -2.42. The Morgan fingerprint density at radius 3 is 2.58 bits per heavy atom. The van der Waals surface area contributed by atoms with Crippen molar-refractivity contribution in [2.75, 3.05) is 11.4 Å². The highest BCUT2D eigenvalue weighted by atomic mass is 19.1. The van der Waals surface area contributed by atoms with Crippen molar-refractivity contribution in [1.82, 2.24) is 5.32 Å². The van der Waals surface area contributed by atoms with Gasteiger partial charge in [-0.15, -0.1) is 0 Å². The first-order valence-electron chi connectivity index (χ1n) is 11.4. The van der Waals surface area contributed by atoms with Crippen molar-refractivity contribution in [3.8, 4) is 0 Å². The van der Waals surface area contributed by atoms with Crippen LogP contribution in [0.3, 0.4) is 0 Å². The van der Waals surface area contributed by atoms with Gasteiger partial charge in [0.05, 0.1) is 29.7 Å². The summed E-state index contributed by atoms with van der Waals surface area (Å²) < 4.78 is 38.5. The Morgan fingerprint density at radius 2 is 2.00 bits per heavy atom. The van der Waals surface area contributed by atoms with Crippen molar-refractivity contribution in [1.29, 1.82) is 0 Å². The van der Waals surface area contributed by atoms with Crippen LogP contribution in [0.5, 0.6) is 0 Å². The Morgan fingerprint density at radius 1 is 1.27 bits per heavy atom. The van der Waals surface area contributed by atoms with E-state index in [0.717, 1.165) is 12.1 Å². The third-order valence-electron chi connectivity index (χ3n) is 5.86. The summed E-state index contributed by atoms with van der Waals surface area (Å²) in [6.07, 6.45) is 1.16. The van der Waals surface area contributed by atoms with Gasteiger partial charge in [-0.3, -0.25) is 14.4 Å². The monoisotopic (exact) mass is 464 g/mol. The minimum atomic E-state index is -0.896. The van der Waals surface area contributed by atoms with E-state index >= 15 is 0 Å². The maximum Gasteiger partial charge on any atom is 0.551 e. The third-order valence-corrected chi connectivity index (χ3v) is 5.86. The van der Waals surface area contributed by atoms with E-state index in [-0.39, 0.29) is 48.5 Å². The number of carbonyl (C=O) groups is 3. The third kappa shape index (κ3) is 6.53. The number of hydrogen-bond acceptors (Lipinski definition) is 6. The number of rotatable bonds is 9. The second-order valence-corrected chi connectivity index (χ2v) is 9.78. The summed E-state index contributed by atoms with van der Waals surface area (Å²) in [5.41, 5.74) is -0.513. The molecular formula is C23H31BF2N2O5. The molecule has 1 amide bonds. The Hall–Kier alpha value is -2.49. The molecule has 2 fully saturated rings. The lowest BCUT2D eigenvalue weighted by atomic mass is 9.71. The van der Waals surface area contributed by atoms with Gasteiger partial charge in [0, 0.05) is 25.5 Å². The fraction of sp³-hybridized carbons (Fsp3) is 0.609. The van der Waals surface area contributed by atoms with Crippen LogP contribution < -0.4 is 10.2 Å². The maximum atomic E-state index is 14.1. The predicted molar refractivity (Wildman–Crippen MR) is 119 cm³/mol. The molecule has 10 heteroatoms. The van der Waals surface area contributed by atoms with Crippen LogP contribution >= 0.6 is 0 Å². The number of benzene rings is 1. The lowest BCUT2D eigenvalue weighted by molar-refractivity contribution is -0.147. The lowest BCUT2D eigenvalue weighted by Crippen LogP contribution is -2.57. The number of nitrogens with one attached hydrogen (secondary N) is 1. The first-order chi connectivity index (χ1) is 15.4. The van der Waals surface area contributed by atoms with E-state index in [9.17, 15) is 23.2 Å². The molecule has 0 unspecified atom stereocenters. The Bertz CT molecular complexity index is 911. The number of halogens is 2. The molecule has 0 bridgehead atoms. The minimum absolute atomic E-state index is 0.0129. The van der Waals surface area contributed by atoms with Crippen molar-refractivity contribution in [2.24, 2.45) is 5.92 Å². The normalized spacial score (nSPS) is 20.8. The highest BCUT2D eigenvalue weighted by molar-refractivity contribution is 6.49. The number of ketones is 1. The molecule has 1 N–H and O–H groups in total. The fourth-order valence-corrected chi connectivity index (χ4v) is 4.22.